The molecule has 6 rings (SSSR count). The molecule has 0 radical (unpaired) electrons. The number of hydrogen-bond donors (Lipinski definition) is 1. The summed E-state index contributed by atoms with van der Waals surface area (Å²) < 4.78 is 13.2. The van der Waals surface area contributed by atoms with E-state index in [0.29, 0.717) is 12.2 Å². The standard InChI is InChI=1S/C24H31NO4.ClH/c1-2-3-12-28-24-9-8-18(27)22-23(24)10-11-25(14-15-4-5-15)19(24)13-16-6-7-17(26)21(29-22)20(16)23;/h6-7,15,19,22,26H,2-5,8-14H2,1H3;1H/t19-,22?,23+,24-;/m1./s1. The van der Waals surface area contributed by atoms with Crippen LogP contribution < -0.4 is 4.74 Å². The van der Waals surface area contributed by atoms with Crippen LogP contribution in [0.5, 0.6) is 11.5 Å². The van der Waals surface area contributed by atoms with Gasteiger partial charge in [0, 0.05) is 31.2 Å². The van der Waals surface area contributed by atoms with Crippen molar-refractivity contribution in [2.24, 2.45) is 5.92 Å². The zero-order valence-electron chi connectivity index (χ0n) is 17.7. The molecule has 1 saturated heterocycles. The monoisotopic (exact) mass is 433 g/mol. The molecule has 1 unspecified atom stereocenters. The zero-order chi connectivity index (χ0) is 19.8. The molecule has 2 heterocycles. The first-order valence-electron chi connectivity index (χ1n) is 11.5. The number of likely N-dealkylation sites (tertiary alicyclic amines) is 1. The summed E-state index contributed by atoms with van der Waals surface area (Å²) in [7, 11) is 0. The molecule has 3 aliphatic carbocycles. The van der Waals surface area contributed by atoms with Crippen molar-refractivity contribution < 1.29 is 19.4 Å². The maximum Gasteiger partial charge on any atom is 0.174 e. The summed E-state index contributed by atoms with van der Waals surface area (Å²) in [6.45, 7) is 5.06. The molecule has 30 heavy (non-hydrogen) atoms. The normalized spacial score (nSPS) is 36.1. The van der Waals surface area contributed by atoms with Crippen molar-refractivity contribution in [1.29, 1.82) is 0 Å². The van der Waals surface area contributed by atoms with Crippen LogP contribution in [0.25, 0.3) is 0 Å². The fourth-order valence-corrected chi connectivity index (χ4v) is 6.93. The van der Waals surface area contributed by atoms with Gasteiger partial charge < -0.3 is 14.6 Å². The molecule has 2 saturated carbocycles. The highest BCUT2D eigenvalue weighted by Gasteiger charge is 2.74. The van der Waals surface area contributed by atoms with E-state index in [1.807, 2.05) is 0 Å². The highest BCUT2D eigenvalue weighted by Crippen LogP contribution is 2.66. The van der Waals surface area contributed by atoms with E-state index in [4.69, 9.17) is 9.47 Å². The number of piperidine rings is 1. The van der Waals surface area contributed by atoms with Crippen LogP contribution in [0, 0.1) is 5.92 Å². The van der Waals surface area contributed by atoms with Crippen LogP contribution in [0.4, 0.5) is 0 Å². The molecule has 5 nitrogen and oxygen atoms in total. The lowest BCUT2D eigenvalue weighted by atomic mass is 9.48. The molecule has 1 spiro atoms. The number of halogens is 1. The summed E-state index contributed by atoms with van der Waals surface area (Å²) in [5.41, 5.74) is 1.51. The smallest absolute Gasteiger partial charge is 0.174 e. The Hall–Kier alpha value is -1.30. The molecule has 3 fully saturated rings. The van der Waals surface area contributed by atoms with Gasteiger partial charge in [0.1, 0.15) is 0 Å². The molecule has 5 aliphatic rings. The first kappa shape index (κ1) is 20.6. The van der Waals surface area contributed by atoms with E-state index in [2.05, 4.69) is 17.9 Å². The van der Waals surface area contributed by atoms with E-state index < -0.39 is 11.5 Å². The number of benzene rings is 1. The minimum Gasteiger partial charge on any atom is -0.504 e. The molecule has 1 aromatic rings. The van der Waals surface area contributed by atoms with Crippen LogP contribution in [-0.4, -0.2) is 53.2 Å². The van der Waals surface area contributed by atoms with Crippen molar-refractivity contribution in [3.8, 4) is 11.5 Å². The molecular formula is C24H32ClNO4. The van der Waals surface area contributed by atoms with Crippen molar-refractivity contribution in [2.75, 3.05) is 19.7 Å². The zero-order valence-corrected chi connectivity index (χ0v) is 18.5. The lowest BCUT2D eigenvalue weighted by molar-refractivity contribution is -0.214. The van der Waals surface area contributed by atoms with Gasteiger partial charge in [-0.25, -0.2) is 0 Å². The third-order valence-corrected chi connectivity index (χ3v) is 8.38. The number of aromatic hydroxyl groups is 1. The first-order chi connectivity index (χ1) is 14.1. The number of nitrogens with zero attached hydrogens (tertiary/aromatic N) is 1. The number of Topliss-reactive ketones (excluding diaryl/α,β-unsaturated/α-hetero) is 1. The van der Waals surface area contributed by atoms with Gasteiger partial charge in [-0.1, -0.05) is 19.4 Å². The van der Waals surface area contributed by atoms with Crippen LogP contribution in [0.3, 0.4) is 0 Å². The molecule has 1 N–H and O–H groups in total. The largest absolute Gasteiger partial charge is 0.504 e. The number of rotatable bonds is 6. The van der Waals surface area contributed by atoms with Crippen molar-refractivity contribution in [1.82, 2.24) is 4.90 Å². The second-order valence-electron chi connectivity index (χ2n) is 9.88. The van der Waals surface area contributed by atoms with E-state index in [1.165, 1.54) is 18.4 Å². The number of phenols is 1. The summed E-state index contributed by atoms with van der Waals surface area (Å²) >= 11 is 0. The highest BCUT2D eigenvalue weighted by atomic mass is 35.5. The highest BCUT2D eigenvalue weighted by molar-refractivity contribution is 5.90. The third kappa shape index (κ3) is 2.52. The van der Waals surface area contributed by atoms with Crippen molar-refractivity contribution in [2.45, 2.75) is 81.5 Å². The van der Waals surface area contributed by atoms with Crippen molar-refractivity contribution in [3.63, 3.8) is 0 Å². The molecule has 0 amide bonds. The molecule has 4 atom stereocenters. The molecular weight excluding hydrogens is 402 g/mol. The van der Waals surface area contributed by atoms with Gasteiger partial charge in [0.2, 0.25) is 0 Å². The topological polar surface area (TPSA) is 59.0 Å². The van der Waals surface area contributed by atoms with E-state index >= 15 is 0 Å². The number of carbonyl (C=O) groups excluding carboxylic acids is 1. The Bertz CT molecular complexity index is 871. The van der Waals surface area contributed by atoms with Crippen molar-refractivity contribution >= 4 is 18.2 Å². The maximum atomic E-state index is 13.1. The Kier molecular flexibility index (Phi) is 4.88. The number of ketones is 1. The molecule has 2 bridgehead atoms. The fourth-order valence-electron chi connectivity index (χ4n) is 6.93. The second kappa shape index (κ2) is 7.11. The van der Waals surface area contributed by atoms with Crippen LogP contribution in [0.1, 0.15) is 63.0 Å². The Balaban J connectivity index is 0.00000193. The fraction of sp³-hybridized carbons (Fsp3) is 0.708. The lowest BCUT2D eigenvalue weighted by Crippen LogP contribution is -2.77. The van der Waals surface area contributed by atoms with E-state index in [0.717, 1.165) is 63.3 Å². The lowest BCUT2D eigenvalue weighted by Gasteiger charge is -2.64. The second-order valence-corrected chi connectivity index (χ2v) is 9.88. The van der Waals surface area contributed by atoms with Crippen LogP contribution in [0.15, 0.2) is 12.1 Å². The number of carbonyl (C=O) groups is 1. The molecule has 2 aliphatic heterocycles. The summed E-state index contributed by atoms with van der Waals surface area (Å²) in [4.78, 5) is 15.8. The van der Waals surface area contributed by atoms with Gasteiger partial charge in [-0.05, 0) is 62.6 Å². The summed E-state index contributed by atoms with van der Waals surface area (Å²) in [5, 5.41) is 10.6. The van der Waals surface area contributed by atoms with E-state index in [1.54, 1.807) is 6.07 Å². The minimum absolute atomic E-state index is 0. The molecule has 1 aromatic carbocycles. The Labute approximate surface area is 184 Å². The number of ether oxygens (including phenoxy) is 2. The average Bonchev–Trinajstić information content (AvgIpc) is 3.45. The number of phenolic OH excluding ortho intramolecular Hbond substituents is 1. The average molecular weight is 434 g/mol. The predicted octanol–water partition coefficient (Wildman–Crippen LogP) is 3.77. The quantitative estimate of drug-likeness (QED) is 0.692. The van der Waals surface area contributed by atoms with Gasteiger partial charge in [-0.3, -0.25) is 9.69 Å². The molecule has 6 heteroatoms. The Morgan fingerprint density at radius 2 is 2.13 bits per heavy atom. The van der Waals surface area contributed by atoms with Crippen LogP contribution in [0.2, 0.25) is 0 Å². The number of unbranched alkanes of at least 4 members (excludes halogenated alkanes) is 1. The maximum absolute atomic E-state index is 13.1. The number of hydrogen-bond acceptors (Lipinski definition) is 5. The predicted molar refractivity (Wildman–Crippen MR) is 116 cm³/mol. The Morgan fingerprint density at radius 1 is 1.30 bits per heavy atom. The van der Waals surface area contributed by atoms with Gasteiger partial charge in [-0.15, -0.1) is 12.4 Å². The minimum atomic E-state index is -0.509. The van der Waals surface area contributed by atoms with E-state index in [9.17, 15) is 9.90 Å². The molecule has 164 valence electrons. The van der Waals surface area contributed by atoms with Gasteiger partial charge in [0.05, 0.1) is 11.0 Å². The Morgan fingerprint density at radius 3 is 2.90 bits per heavy atom. The van der Waals surface area contributed by atoms with Crippen LogP contribution in [-0.2, 0) is 21.4 Å². The van der Waals surface area contributed by atoms with Gasteiger partial charge in [-0.2, -0.15) is 0 Å². The third-order valence-electron chi connectivity index (χ3n) is 8.38. The summed E-state index contributed by atoms with van der Waals surface area (Å²) in [6, 6.07) is 4.10. The summed E-state index contributed by atoms with van der Waals surface area (Å²) in [6.07, 6.45) is 7.40. The first-order valence-corrected chi connectivity index (χ1v) is 11.5. The van der Waals surface area contributed by atoms with Gasteiger partial charge >= 0.3 is 0 Å². The van der Waals surface area contributed by atoms with Crippen LogP contribution >= 0.6 is 12.4 Å². The molecule has 0 aromatic heterocycles. The van der Waals surface area contributed by atoms with E-state index in [-0.39, 0.29) is 35.6 Å². The SMILES string of the molecule is CCCCO[C@@]12CCC(=O)C3Oc4c(O)ccc5c4[C@@]31CCN(CC1CC1)[C@@H]2C5.Cl. The van der Waals surface area contributed by atoms with Gasteiger partial charge in [0.15, 0.2) is 23.4 Å². The summed E-state index contributed by atoms with van der Waals surface area (Å²) in [5.74, 6) is 1.73. The van der Waals surface area contributed by atoms with Crippen molar-refractivity contribution in [3.05, 3.63) is 23.3 Å². The van der Waals surface area contributed by atoms with Gasteiger partial charge in [0.25, 0.3) is 0 Å².